The SMILES string of the molecule is CC(C)Cc1nc2ncccn2n1. The number of nitrogens with zero attached hydrogens (tertiary/aromatic N) is 4. The van der Waals surface area contributed by atoms with Gasteiger partial charge in [-0.05, 0) is 12.0 Å². The van der Waals surface area contributed by atoms with E-state index in [9.17, 15) is 0 Å². The predicted molar refractivity (Wildman–Crippen MR) is 49.3 cm³/mol. The summed E-state index contributed by atoms with van der Waals surface area (Å²) in [6, 6.07) is 1.85. The molecule has 2 aromatic rings. The molecule has 13 heavy (non-hydrogen) atoms. The molecule has 68 valence electrons. The van der Waals surface area contributed by atoms with Crippen molar-refractivity contribution in [2.45, 2.75) is 20.3 Å². The normalized spacial score (nSPS) is 11.3. The van der Waals surface area contributed by atoms with Gasteiger partial charge in [-0.3, -0.25) is 0 Å². The van der Waals surface area contributed by atoms with E-state index in [2.05, 4.69) is 28.9 Å². The van der Waals surface area contributed by atoms with Gasteiger partial charge in [-0.2, -0.15) is 4.98 Å². The Kier molecular flexibility index (Phi) is 1.96. The number of fused-ring (bicyclic) bond motifs is 1. The lowest BCUT2D eigenvalue weighted by atomic mass is 10.1. The van der Waals surface area contributed by atoms with Crippen molar-refractivity contribution in [1.82, 2.24) is 19.6 Å². The summed E-state index contributed by atoms with van der Waals surface area (Å²) in [5.41, 5.74) is 0. The minimum atomic E-state index is 0.581. The number of aromatic nitrogens is 4. The molecule has 0 N–H and O–H groups in total. The number of rotatable bonds is 2. The summed E-state index contributed by atoms with van der Waals surface area (Å²) in [7, 11) is 0. The second-order valence-corrected chi connectivity index (χ2v) is 3.49. The first kappa shape index (κ1) is 8.16. The van der Waals surface area contributed by atoms with Gasteiger partial charge in [-0.1, -0.05) is 13.8 Å². The Hall–Kier alpha value is -1.45. The van der Waals surface area contributed by atoms with Crippen LogP contribution in [0.3, 0.4) is 0 Å². The molecule has 0 aliphatic rings. The molecular weight excluding hydrogens is 164 g/mol. The standard InChI is InChI=1S/C9H12N4/c1-7(2)6-8-11-9-10-4-3-5-13(9)12-8/h3-5,7H,6H2,1-2H3. The smallest absolute Gasteiger partial charge is 0.220 e. The summed E-state index contributed by atoms with van der Waals surface area (Å²) >= 11 is 0. The second-order valence-electron chi connectivity index (χ2n) is 3.49. The molecule has 0 amide bonds. The molecule has 0 saturated carbocycles. The first-order chi connectivity index (χ1) is 6.25. The molecule has 0 radical (unpaired) electrons. The third kappa shape index (κ3) is 1.66. The average Bonchev–Trinajstić information content (AvgIpc) is 2.44. The molecule has 0 spiro atoms. The quantitative estimate of drug-likeness (QED) is 0.693. The first-order valence-electron chi connectivity index (χ1n) is 4.42. The van der Waals surface area contributed by atoms with Gasteiger partial charge in [-0.15, -0.1) is 5.10 Å². The summed E-state index contributed by atoms with van der Waals surface area (Å²) in [5.74, 6) is 2.13. The molecule has 0 fully saturated rings. The lowest BCUT2D eigenvalue weighted by Crippen LogP contribution is -1.96. The van der Waals surface area contributed by atoms with Gasteiger partial charge in [0.1, 0.15) is 0 Å². The molecule has 4 nitrogen and oxygen atoms in total. The van der Waals surface area contributed by atoms with Crippen LogP contribution >= 0.6 is 0 Å². The first-order valence-corrected chi connectivity index (χ1v) is 4.42. The second kappa shape index (κ2) is 3.12. The maximum absolute atomic E-state index is 4.30. The topological polar surface area (TPSA) is 43.1 Å². The minimum Gasteiger partial charge on any atom is -0.220 e. The van der Waals surface area contributed by atoms with E-state index in [1.54, 1.807) is 10.7 Å². The van der Waals surface area contributed by atoms with E-state index in [1.165, 1.54) is 0 Å². The van der Waals surface area contributed by atoms with E-state index in [0.29, 0.717) is 11.7 Å². The highest BCUT2D eigenvalue weighted by Crippen LogP contribution is 2.03. The summed E-state index contributed by atoms with van der Waals surface area (Å²) < 4.78 is 1.71. The van der Waals surface area contributed by atoms with Crippen LogP contribution < -0.4 is 0 Å². The van der Waals surface area contributed by atoms with Gasteiger partial charge in [0.05, 0.1) is 0 Å². The fourth-order valence-corrected chi connectivity index (χ4v) is 1.23. The van der Waals surface area contributed by atoms with Crippen LogP contribution in [0.4, 0.5) is 0 Å². The zero-order valence-electron chi connectivity index (χ0n) is 7.81. The Morgan fingerprint density at radius 3 is 3.00 bits per heavy atom. The Balaban J connectivity index is 2.38. The van der Waals surface area contributed by atoms with Crippen molar-refractivity contribution in [2.75, 3.05) is 0 Å². The van der Waals surface area contributed by atoms with Crippen molar-refractivity contribution >= 4 is 5.78 Å². The number of hydrogen-bond acceptors (Lipinski definition) is 3. The van der Waals surface area contributed by atoms with Crippen LogP contribution in [-0.4, -0.2) is 19.6 Å². The van der Waals surface area contributed by atoms with Gasteiger partial charge >= 0.3 is 0 Å². The van der Waals surface area contributed by atoms with Crippen LogP contribution in [0, 0.1) is 5.92 Å². The summed E-state index contributed by atoms with van der Waals surface area (Å²) in [6.07, 6.45) is 4.49. The van der Waals surface area contributed by atoms with Crippen molar-refractivity contribution in [3.8, 4) is 0 Å². The van der Waals surface area contributed by atoms with E-state index in [-0.39, 0.29) is 0 Å². The number of hydrogen-bond donors (Lipinski definition) is 0. The highest BCUT2D eigenvalue weighted by Gasteiger charge is 2.04. The molecule has 0 atom stereocenters. The summed E-state index contributed by atoms with van der Waals surface area (Å²) in [6.45, 7) is 4.30. The van der Waals surface area contributed by atoms with Crippen LogP contribution in [0.15, 0.2) is 18.5 Å². The monoisotopic (exact) mass is 176 g/mol. The van der Waals surface area contributed by atoms with Crippen LogP contribution in [0.1, 0.15) is 19.7 Å². The largest absolute Gasteiger partial charge is 0.252 e. The molecule has 2 rings (SSSR count). The molecule has 2 aromatic heterocycles. The fourth-order valence-electron chi connectivity index (χ4n) is 1.23. The summed E-state index contributed by atoms with van der Waals surface area (Å²) in [5, 5.41) is 4.30. The maximum Gasteiger partial charge on any atom is 0.252 e. The van der Waals surface area contributed by atoms with Crippen LogP contribution in [-0.2, 0) is 6.42 Å². The van der Waals surface area contributed by atoms with Gasteiger partial charge in [0, 0.05) is 18.8 Å². The van der Waals surface area contributed by atoms with Gasteiger partial charge in [0.2, 0.25) is 0 Å². The highest BCUT2D eigenvalue weighted by atomic mass is 15.3. The summed E-state index contributed by atoms with van der Waals surface area (Å²) in [4.78, 5) is 8.39. The average molecular weight is 176 g/mol. The van der Waals surface area contributed by atoms with Crippen LogP contribution in [0.25, 0.3) is 5.78 Å². The molecule has 0 unspecified atom stereocenters. The minimum absolute atomic E-state index is 0.581. The van der Waals surface area contributed by atoms with Gasteiger partial charge in [0.15, 0.2) is 5.82 Å². The van der Waals surface area contributed by atoms with Gasteiger partial charge in [0.25, 0.3) is 5.78 Å². The molecule has 0 saturated heterocycles. The molecule has 0 bridgehead atoms. The van der Waals surface area contributed by atoms with Crippen LogP contribution in [0.5, 0.6) is 0 Å². The van der Waals surface area contributed by atoms with E-state index < -0.39 is 0 Å². The van der Waals surface area contributed by atoms with Crippen molar-refractivity contribution in [2.24, 2.45) is 5.92 Å². The molecular formula is C9H12N4. The predicted octanol–water partition coefficient (Wildman–Crippen LogP) is 1.32. The zero-order chi connectivity index (χ0) is 9.26. The maximum atomic E-state index is 4.30. The molecule has 4 heteroatoms. The van der Waals surface area contributed by atoms with E-state index in [1.807, 2.05) is 12.3 Å². The lowest BCUT2D eigenvalue weighted by Gasteiger charge is -1.96. The lowest BCUT2D eigenvalue weighted by molar-refractivity contribution is 0.620. The van der Waals surface area contributed by atoms with Crippen molar-refractivity contribution in [1.29, 1.82) is 0 Å². The van der Waals surface area contributed by atoms with Crippen molar-refractivity contribution < 1.29 is 0 Å². The van der Waals surface area contributed by atoms with Gasteiger partial charge < -0.3 is 0 Å². The van der Waals surface area contributed by atoms with Crippen molar-refractivity contribution in [3.05, 3.63) is 24.3 Å². The zero-order valence-corrected chi connectivity index (χ0v) is 7.81. The van der Waals surface area contributed by atoms with E-state index in [4.69, 9.17) is 0 Å². The molecule has 2 heterocycles. The Labute approximate surface area is 76.6 Å². The van der Waals surface area contributed by atoms with E-state index >= 15 is 0 Å². The Bertz CT molecular complexity index is 372. The van der Waals surface area contributed by atoms with Crippen molar-refractivity contribution in [3.63, 3.8) is 0 Å². The molecule has 0 aliphatic heterocycles. The third-order valence-corrected chi connectivity index (χ3v) is 1.75. The van der Waals surface area contributed by atoms with E-state index in [0.717, 1.165) is 12.2 Å². The third-order valence-electron chi connectivity index (χ3n) is 1.75. The Morgan fingerprint density at radius 1 is 1.46 bits per heavy atom. The Morgan fingerprint density at radius 2 is 2.31 bits per heavy atom. The molecule has 0 aliphatic carbocycles. The fraction of sp³-hybridized carbons (Fsp3) is 0.444. The van der Waals surface area contributed by atoms with Crippen LogP contribution in [0.2, 0.25) is 0 Å². The molecule has 0 aromatic carbocycles. The highest BCUT2D eigenvalue weighted by molar-refractivity contribution is 5.24. The van der Waals surface area contributed by atoms with Gasteiger partial charge in [-0.25, -0.2) is 9.50 Å².